The van der Waals surface area contributed by atoms with Crippen molar-refractivity contribution in [1.29, 1.82) is 0 Å². The smallest absolute Gasteiger partial charge is 0.206 e. The number of hydrogen-bond acceptors (Lipinski definition) is 3. The normalized spacial score (nSPS) is 9.86. The quantitative estimate of drug-likeness (QED) is 0.604. The van der Waals surface area contributed by atoms with Crippen LogP contribution >= 0.6 is 11.3 Å². The molecule has 6 heteroatoms. The predicted molar refractivity (Wildman–Crippen MR) is 76.7 cm³/mol. The number of hydrogen-bond donors (Lipinski definition) is 0. The molecule has 0 amide bonds. The zero-order chi connectivity index (χ0) is 16.2. The molecule has 0 aliphatic carbocycles. The molecule has 2 aromatic rings. The maximum Gasteiger partial charge on any atom is 0.206 e. The van der Waals surface area contributed by atoms with E-state index in [9.17, 15) is 18.0 Å². The fraction of sp³-hybridized carbons (Fsp3) is 0.267. The summed E-state index contributed by atoms with van der Waals surface area (Å²) in [7, 11) is 1.00. The van der Waals surface area contributed by atoms with Crippen LogP contribution < -0.4 is 4.74 Å². The lowest BCUT2D eigenvalue weighted by atomic mass is 10.1. The Balaban J connectivity index is 0.00000106. The van der Waals surface area contributed by atoms with Gasteiger partial charge in [0.25, 0.3) is 0 Å². The predicted octanol–water partition coefficient (Wildman–Crippen LogP) is 4.74. The second-order valence-electron chi connectivity index (χ2n) is 3.81. The second kappa shape index (κ2) is 7.26. The molecule has 0 atom stereocenters. The fourth-order valence-corrected chi connectivity index (χ4v) is 2.44. The Morgan fingerprint density at radius 3 is 2.24 bits per heavy atom. The summed E-state index contributed by atoms with van der Waals surface area (Å²) >= 11 is 1.15. The maximum absolute atomic E-state index is 13.9. The summed E-state index contributed by atoms with van der Waals surface area (Å²) < 4.78 is 44.9. The third kappa shape index (κ3) is 3.44. The van der Waals surface area contributed by atoms with Crippen molar-refractivity contribution < 1.29 is 22.7 Å². The second-order valence-corrected chi connectivity index (χ2v) is 5.09. The van der Waals surface area contributed by atoms with E-state index in [0.29, 0.717) is 6.07 Å². The van der Waals surface area contributed by atoms with Gasteiger partial charge in [-0.25, -0.2) is 8.78 Å². The van der Waals surface area contributed by atoms with Gasteiger partial charge in [0.2, 0.25) is 11.6 Å². The van der Waals surface area contributed by atoms with Crippen LogP contribution in [0.2, 0.25) is 0 Å². The summed E-state index contributed by atoms with van der Waals surface area (Å²) in [6.45, 7) is 5.78. The molecule has 1 aromatic carbocycles. The SMILES string of the molecule is CC.COc1c(F)c(F)cc(C(=O)c2ccc(C)s2)c1F. The van der Waals surface area contributed by atoms with Crippen LogP contribution in [0.5, 0.6) is 5.75 Å². The van der Waals surface area contributed by atoms with Crippen molar-refractivity contribution in [2.45, 2.75) is 20.8 Å². The van der Waals surface area contributed by atoms with Gasteiger partial charge in [0, 0.05) is 4.88 Å². The molecule has 1 heterocycles. The summed E-state index contributed by atoms with van der Waals surface area (Å²) in [4.78, 5) is 13.2. The Morgan fingerprint density at radius 2 is 1.76 bits per heavy atom. The molecule has 0 N–H and O–H groups in total. The van der Waals surface area contributed by atoms with Crippen LogP contribution in [0.15, 0.2) is 18.2 Å². The van der Waals surface area contributed by atoms with E-state index in [0.717, 1.165) is 23.3 Å². The zero-order valence-electron chi connectivity index (χ0n) is 12.1. The molecule has 0 saturated carbocycles. The maximum atomic E-state index is 13.9. The van der Waals surface area contributed by atoms with Crippen molar-refractivity contribution in [3.8, 4) is 5.75 Å². The molecule has 2 rings (SSSR count). The third-order valence-corrected chi connectivity index (χ3v) is 3.53. The van der Waals surface area contributed by atoms with Gasteiger partial charge in [-0.3, -0.25) is 4.79 Å². The third-order valence-electron chi connectivity index (χ3n) is 2.53. The molecule has 21 heavy (non-hydrogen) atoms. The summed E-state index contributed by atoms with van der Waals surface area (Å²) in [5.74, 6) is -5.56. The first-order valence-electron chi connectivity index (χ1n) is 6.28. The molecule has 0 unspecified atom stereocenters. The number of thiophene rings is 1. The Morgan fingerprint density at radius 1 is 1.14 bits per heavy atom. The highest BCUT2D eigenvalue weighted by Gasteiger charge is 2.24. The van der Waals surface area contributed by atoms with Gasteiger partial charge in [-0.1, -0.05) is 13.8 Å². The van der Waals surface area contributed by atoms with Crippen molar-refractivity contribution in [2.24, 2.45) is 0 Å². The van der Waals surface area contributed by atoms with E-state index in [2.05, 4.69) is 4.74 Å². The van der Waals surface area contributed by atoms with Crippen molar-refractivity contribution in [1.82, 2.24) is 0 Å². The Kier molecular flexibility index (Phi) is 5.96. The van der Waals surface area contributed by atoms with Crippen LogP contribution in [0.1, 0.15) is 34.0 Å². The van der Waals surface area contributed by atoms with E-state index >= 15 is 0 Å². The standard InChI is InChI=1S/C13H9F3O2S.C2H6/c1-6-3-4-9(19-6)12(17)7-5-8(14)11(16)13(18-2)10(7)15;1-2/h3-5H,1-2H3;1-2H3. The fourth-order valence-electron chi connectivity index (χ4n) is 1.61. The van der Waals surface area contributed by atoms with Crippen molar-refractivity contribution >= 4 is 17.1 Å². The summed E-state index contributed by atoms with van der Waals surface area (Å²) in [6, 6.07) is 3.74. The number of carbonyl (C=O) groups is 1. The number of halogens is 3. The number of rotatable bonds is 3. The molecule has 0 radical (unpaired) electrons. The Hall–Kier alpha value is -1.82. The Bertz CT molecular complexity index is 651. The van der Waals surface area contributed by atoms with Gasteiger partial charge < -0.3 is 4.74 Å². The van der Waals surface area contributed by atoms with Gasteiger partial charge >= 0.3 is 0 Å². The average Bonchev–Trinajstić information content (AvgIpc) is 2.91. The van der Waals surface area contributed by atoms with Gasteiger partial charge in [0.15, 0.2) is 17.4 Å². The zero-order valence-corrected chi connectivity index (χ0v) is 12.9. The minimum absolute atomic E-state index is 0.254. The van der Waals surface area contributed by atoms with E-state index < -0.39 is 34.5 Å². The van der Waals surface area contributed by atoms with Crippen LogP contribution in [0.4, 0.5) is 13.2 Å². The number of aryl methyl sites for hydroxylation is 1. The molecule has 114 valence electrons. The lowest BCUT2D eigenvalue weighted by Gasteiger charge is -2.08. The molecular weight excluding hydrogens is 301 g/mol. The van der Waals surface area contributed by atoms with E-state index in [1.54, 1.807) is 13.0 Å². The largest absolute Gasteiger partial charge is 0.491 e. The Labute approximate surface area is 125 Å². The summed E-state index contributed by atoms with van der Waals surface area (Å²) in [5.41, 5.74) is -0.544. The molecule has 0 aliphatic heterocycles. The minimum atomic E-state index is -1.45. The number of benzene rings is 1. The number of carbonyl (C=O) groups excluding carboxylic acids is 1. The first-order chi connectivity index (χ1) is 9.95. The first-order valence-corrected chi connectivity index (χ1v) is 7.10. The monoisotopic (exact) mass is 316 g/mol. The van der Waals surface area contributed by atoms with Gasteiger partial charge in [-0.15, -0.1) is 11.3 Å². The van der Waals surface area contributed by atoms with Crippen molar-refractivity contribution in [3.05, 3.63) is 51.0 Å². The number of methoxy groups -OCH3 is 1. The summed E-state index contributed by atoms with van der Waals surface area (Å²) in [6.07, 6.45) is 0. The van der Waals surface area contributed by atoms with Gasteiger partial charge in [0.1, 0.15) is 0 Å². The highest BCUT2D eigenvalue weighted by molar-refractivity contribution is 7.14. The van der Waals surface area contributed by atoms with E-state index in [1.165, 1.54) is 6.07 Å². The lowest BCUT2D eigenvalue weighted by Crippen LogP contribution is -2.07. The highest BCUT2D eigenvalue weighted by Crippen LogP contribution is 2.29. The molecule has 0 bridgehead atoms. The summed E-state index contributed by atoms with van der Waals surface area (Å²) in [5, 5.41) is 0. The van der Waals surface area contributed by atoms with Gasteiger partial charge in [-0.05, 0) is 25.1 Å². The van der Waals surface area contributed by atoms with Crippen molar-refractivity contribution in [2.75, 3.05) is 7.11 Å². The highest BCUT2D eigenvalue weighted by atomic mass is 32.1. The van der Waals surface area contributed by atoms with Crippen LogP contribution in [0, 0.1) is 24.4 Å². The molecule has 1 aromatic heterocycles. The van der Waals surface area contributed by atoms with E-state index in [-0.39, 0.29) is 4.88 Å². The van der Waals surface area contributed by atoms with Crippen LogP contribution in [-0.2, 0) is 0 Å². The molecule has 0 saturated heterocycles. The number of ketones is 1. The minimum Gasteiger partial charge on any atom is -0.491 e. The van der Waals surface area contributed by atoms with Gasteiger partial charge in [-0.2, -0.15) is 4.39 Å². The van der Waals surface area contributed by atoms with E-state index in [1.807, 2.05) is 13.8 Å². The molecule has 0 fully saturated rings. The molecular formula is C15H15F3O2S. The number of ether oxygens (including phenoxy) is 1. The van der Waals surface area contributed by atoms with Crippen LogP contribution in [0.3, 0.4) is 0 Å². The topological polar surface area (TPSA) is 26.3 Å². The molecule has 0 aliphatic rings. The van der Waals surface area contributed by atoms with Crippen LogP contribution in [-0.4, -0.2) is 12.9 Å². The van der Waals surface area contributed by atoms with Crippen molar-refractivity contribution in [3.63, 3.8) is 0 Å². The molecule has 0 spiro atoms. The van der Waals surface area contributed by atoms with Crippen LogP contribution in [0.25, 0.3) is 0 Å². The molecule has 2 nitrogen and oxygen atoms in total. The lowest BCUT2D eigenvalue weighted by molar-refractivity contribution is 0.103. The average molecular weight is 316 g/mol. The van der Waals surface area contributed by atoms with E-state index in [4.69, 9.17) is 0 Å². The first kappa shape index (κ1) is 17.2. The van der Waals surface area contributed by atoms with Gasteiger partial charge in [0.05, 0.1) is 17.6 Å².